The van der Waals surface area contributed by atoms with E-state index in [1.807, 2.05) is 17.8 Å². The van der Waals surface area contributed by atoms with Crippen LogP contribution in [-0.2, 0) is 0 Å². The number of nitrogens with two attached hydrogens (primary N) is 1. The summed E-state index contributed by atoms with van der Waals surface area (Å²) < 4.78 is 0. The Morgan fingerprint density at radius 1 is 1.47 bits per heavy atom. The fourth-order valence-electron chi connectivity index (χ4n) is 1.66. The molecule has 2 N–H and O–H groups in total. The zero-order valence-corrected chi connectivity index (χ0v) is 9.17. The first kappa shape index (κ1) is 10.3. The van der Waals surface area contributed by atoms with E-state index < -0.39 is 5.91 Å². The Bertz CT molecular complexity index is 363. The lowest BCUT2D eigenvalue weighted by Crippen LogP contribution is -2.34. The molecule has 1 aliphatic heterocycles. The molecule has 0 spiro atoms. The van der Waals surface area contributed by atoms with E-state index in [0.717, 1.165) is 30.3 Å². The van der Waals surface area contributed by atoms with Crippen LogP contribution in [-0.4, -0.2) is 35.5 Å². The van der Waals surface area contributed by atoms with E-state index in [4.69, 9.17) is 5.73 Å². The summed E-state index contributed by atoms with van der Waals surface area (Å²) in [5, 5.41) is 0. The summed E-state index contributed by atoms with van der Waals surface area (Å²) in [7, 11) is 0. The molecule has 1 fully saturated rings. The molecule has 0 atom stereocenters. The van der Waals surface area contributed by atoms with E-state index in [2.05, 4.69) is 9.88 Å². The summed E-state index contributed by atoms with van der Waals surface area (Å²) in [6.45, 7) is 1.93. The molecule has 1 saturated heterocycles. The summed E-state index contributed by atoms with van der Waals surface area (Å²) in [5.74, 6) is 1.79. The van der Waals surface area contributed by atoms with Crippen molar-refractivity contribution in [2.24, 2.45) is 5.73 Å². The fraction of sp³-hybridized carbons (Fsp3) is 0.400. The van der Waals surface area contributed by atoms with Crippen LogP contribution >= 0.6 is 11.8 Å². The second-order valence-corrected chi connectivity index (χ2v) is 4.58. The number of aromatic nitrogens is 1. The minimum atomic E-state index is -0.406. The molecule has 0 aliphatic carbocycles. The molecule has 2 rings (SSSR count). The number of amides is 1. The zero-order valence-electron chi connectivity index (χ0n) is 8.35. The van der Waals surface area contributed by atoms with Crippen molar-refractivity contribution in [3.63, 3.8) is 0 Å². The average molecular weight is 223 g/mol. The van der Waals surface area contributed by atoms with Gasteiger partial charge < -0.3 is 10.6 Å². The highest BCUT2D eigenvalue weighted by Crippen LogP contribution is 2.22. The SMILES string of the molecule is NC(=O)c1cnccc1N1CCSCC1. The Morgan fingerprint density at radius 3 is 2.87 bits per heavy atom. The van der Waals surface area contributed by atoms with Crippen molar-refractivity contribution < 1.29 is 4.79 Å². The van der Waals surface area contributed by atoms with Gasteiger partial charge in [-0.1, -0.05) is 0 Å². The van der Waals surface area contributed by atoms with Crippen LogP contribution in [0.3, 0.4) is 0 Å². The minimum absolute atomic E-state index is 0.406. The molecule has 1 aromatic heterocycles. The van der Waals surface area contributed by atoms with Gasteiger partial charge >= 0.3 is 0 Å². The number of primary amides is 1. The predicted octanol–water partition coefficient (Wildman–Crippen LogP) is 0.734. The van der Waals surface area contributed by atoms with Gasteiger partial charge in [-0.25, -0.2) is 0 Å². The first-order valence-electron chi connectivity index (χ1n) is 4.85. The van der Waals surface area contributed by atoms with Gasteiger partial charge in [0, 0.05) is 37.0 Å². The van der Waals surface area contributed by atoms with Crippen molar-refractivity contribution in [1.29, 1.82) is 0 Å². The Kier molecular flexibility index (Phi) is 3.11. The molecule has 2 heterocycles. The summed E-state index contributed by atoms with van der Waals surface area (Å²) in [5.41, 5.74) is 6.74. The van der Waals surface area contributed by atoms with E-state index in [1.54, 1.807) is 12.4 Å². The number of hydrogen-bond acceptors (Lipinski definition) is 4. The normalized spacial score (nSPS) is 16.4. The molecule has 0 bridgehead atoms. The topological polar surface area (TPSA) is 59.2 Å². The maximum absolute atomic E-state index is 11.2. The molecule has 1 aromatic rings. The molecule has 0 radical (unpaired) electrons. The van der Waals surface area contributed by atoms with Gasteiger partial charge in [0.15, 0.2) is 0 Å². The maximum Gasteiger partial charge on any atom is 0.252 e. The molecule has 1 amide bonds. The highest BCUT2D eigenvalue weighted by Gasteiger charge is 2.16. The van der Waals surface area contributed by atoms with Gasteiger partial charge in [-0.3, -0.25) is 9.78 Å². The van der Waals surface area contributed by atoms with Gasteiger partial charge in [0.05, 0.1) is 11.3 Å². The molecule has 80 valence electrons. The van der Waals surface area contributed by atoms with Crippen LogP contribution in [0.4, 0.5) is 5.69 Å². The number of carbonyl (C=O) groups is 1. The molecule has 4 nitrogen and oxygen atoms in total. The molecular weight excluding hydrogens is 210 g/mol. The van der Waals surface area contributed by atoms with E-state index >= 15 is 0 Å². The summed E-state index contributed by atoms with van der Waals surface area (Å²) in [6, 6.07) is 1.86. The summed E-state index contributed by atoms with van der Waals surface area (Å²) >= 11 is 1.93. The number of rotatable bonds is 2. The van der Waals surface area contributed by atoms with E-state index in [9.17, 15) is 4.79 Å². The quantitative estimate of drug-likeness (QED) is 0.803. The largest absolute Gasteiger partial charge is 0.369 e. The van der Waals surface area contributed by atoms with Gasteiger partial charge in [-0.15, -0.1) is 0 Å². The highest BCUT2D eigenvalue weighted by atomic mass is 32.2. The summed E-state index contributed by atoms with van der Waals surface area (Å²) in [4.78, 5) is 17.3. The van der Waals surface area contributed by atoms with Gasteiger partial charge in [0.1, 0.15) is 0 Å². The Labute approximate surface area is 92.9 Å². The number of carbonyl (C=O) groups excluding carboxylic acids is 1. The van der Waals surface area contributed by atoms with Crippen LogP contribution in [0.25, 0.3) is 0 Å². The predicted molar refractivity (Wildman–Crippen MR) is 62.3 cm³/mol. The monoisotopic (exact) mass is 223 g/mol. The Morgan fingerprint density at radius 2 is 2.20 bits per heavy atom. The average Bonchev–Trinajstić information content (AvgIpc) is 2.30. The zero-order chi connectivity index (χ0) is 10.7. The third-order valence-electron chi connectivity index (χ3n) is 2.42. The second kappa shape index (κ2) is 4.53. The second-order valence-electron chi connectivity index (χ2n) is 3.36. The first-order chi connectivity index (χ1) is 7.29. The van der Waals surface area contributed by atoms with E-state index in [-0.39, 0.29) is 0 Å². The van der Waals surface area contributed by atoms with E-state index in [0.29, 0.717) is 5.56 Å². The Hall–Kier alpha value is -1.23. The van der Waals surface area contributed by atoms with Crippen molar-refractivity contribution in [1.82, 2.24) is 4.98 Å². The molecule has 15 heavy (non-hydrogen) atoms. The highest BCUT2D eigenvalue weighted by molar-refractivity contribution is 7.99. The number of nitrogens with zero attached hydrogens (tertiary/aromatic N) is 2. The van der Waals surface area contributed by atoms with Crippen molar-refractivity contribution in [2.75, 3.05) is 29.5 Å². The molecule has 0 unspecified atom stereocenters. The molecular formula is C10H13N3OS. The third-order valence-corrected chi connectivity index (χ3v) is 3.36. The van der Waals surface area contributed by atoms with Crippen LogP contribution in [0, 0.1) is 0 Å². The minimum Gasteiger partial charge on any atom is -0.369 e. The lowest BCUT2D eigenvalue weighted by Gasteiger charge is -2.29. The van der Waals surface area contributed by atoms with Crippen molar-refractivity contribution in [3.05, 3.63) is 24.0 Å². The number of hydrogen-bond donors (Lipinski definition) is 1. The lowest BCUT2D eigenvalue weighted by molar-refractivity contribution is 0.100. The van der Waals surface area contributed by atoms with Crippen molar-refractivity contribution in [2.45, 2.75) is 0 Å². The van der Waals surface area contributed by atoms with Crippen LogP contribution in [0.5, 0.6) is 0 Å². The molecule has 5 heteroatoms. The van der Waals surface area contributed by atoms with Gasteiger partial charge in [0.2, 0.25) is 0 Å². The van der Waals surface area contributed by atoms with Gasteiger partial charge in [-0.05, 0) is 6.07 Å². The smallest absolute Gasteiger partial charge is 0.252 e. The molecule has 1 aliphatic rings. The number of pyridine rings is 1. The molecule has 0 saturated carbocycles. The van der Waals surface area contributed by atoms with Crippen LogP contribution in [0.15, 0.2) is 18.5 Å². The maximum atomic E-state index is 11.2. The van der Waals surface area contributed by atoms with Crippen molar-refractivity contribution in [3.8, 4) is 0 Å². The third kappa shape index (κ3) is 2.23. The fourth-order valence-corrected chi connectivity index (χ4v) is 2.56. The van der Waals surface area contributed by atoms with E-state index in [1.165, 1.54) is 0 Å². The first-order valence-corrected chi connectivity index (χ1v) is 6.01. The van der Waals surface area contributed by atoms with Gasteiger partial charge in [-0.2, -0.15) is 11.8 Å². The van der Waals surface area contributed by atoms with Crippen LogP contribution < -0.4 is 10.6 Å². The standard InChI is InChI=1S/C10H13N3OS/c11-10(14)8-7-12-2-1-9(8)13-3-5-15-6-4-13/h1-2,7H,3-6H2,(H2,11,14). The van der Waals surface area contributed by atoms with Crippen molar-refractivity contribution >= 4 is 23.4 Å². The Balaban J connectivity index is 2.29. The summed E-state index contributed by atoms with van der Waals surface area (Å²) in [6.07, 6.45) is 3.24. The lowest BCUT2D eigenvalue weighted by atomic mass is 10.2. The van der Waals surface area contributed by atoms with Gasteiger partial charge in [0.25, 0.3) is 5.91 Å². The van der Waals surface area contributed by atoms with Crippen LogP contribution in [0.2, 0.25) is 0 Å². The number of thioether (sulfide) groups is 1. The molecule has 0 aromatic carbocycles. The number of anilines is 1. The van der Waals surface area contributed by atoms with Crippen LogP contribution in [0.1, 0.15) is 10.4 Å².